The van der Waals surface area contributed by atoms with E-state index in [4.69, 9.17) is 23.2 Å². The van der Waals surface area contributed by atoms with Crippen LogP contribution in [0.5, 0.6) is 0 Å². The maximum absolute atomic E-state index is 13.0. The van der Waals surface area contributed by atoms with E-state index in [1.807, 2.05) is 0 Å². The molecule has 1 aromatic carbocycles. The monoisotopic (exact) mass is 236 g/mol. The summed E-state index contributed by atoms with van der Waals surface area (Å²) in [4.78, 5) is 11.1. The highest BCUT2D eigenvalue weighted by atomic mass is 35.5. The molecule has 0 unspecified atom stereocenters. The van der Waals surface area contributed by atoms with Crippen molar-refractivity contribution in [3.8, 4) is 0 Å². The first kappa shape index (κ1) is 9.87. The summed E-state index contributed by atoms with van der Waals surface area (Å²) in [5.74, 6) is -4.48. The van der Waals surface area contributed by atoms with Crippen LogP contribution in [0.15, 0.2) is 12.1 Å². The maximum atomic E-state index is 13.0. The lowest BCUT2D eigenvalue weighted by Gasteiger charge is -2.02. The number of ketones is 1. The molecule has 1 nitrogen and oxygen atoms in total. The summed E-state index contributed by atoms with van der Waals surface area (Å²) in [6, 6.07) is 2.51. The fourth-order valence-corrected chi connectivity index (χ4v) is 1.81. The molecule has 0 amide bonds. The van der Waals surface area contributed by atoms with Gasteiger partial charge in [0.2, 0.25) is 5.78 Å². The minimum Gasteiger partial charge on any atom is -0.287 e. The number of Topliss-reactive ketones (excluding diaryl/α,β-unsaturated/α-hetero) is 1. The molecule has 1 aliphatic rings. The predicted molar refractivity (Wildman–Crippen MR) is 49.4 cm³/mol. The second-order valence-electron chi connectivity index (χ2n) is 3.13. The van der Waals surface area contributed by atoms with Gasteiger partial charge in [0, 0.05) is 12.0 Å². The Bertz CT molecular complexity index is 429. The van der Waals surface area contributed by atoms with Crippen molar-refractivity contribution in [3.63, 3.8) is 0 Å². The molecule has 0 aromatic heterocycles. The molecule has 1 aromatic rings. The molecular weight excluding hydrogens is 233 g/mol. The number of benzene rings is 1. The van der Waals surface area contributed by atoms with E-state index in [0.29, 0.717) is 0 Å². The van der Waals surface area contributed by atoms with Gasteiger partial charge in [-0.15, -0.1) is 0 Å². The van der Waals surface area contributed by atoms with Crippen LogP contribution in [-0.2, 0) is 6.42 Å². The van der Waals surface area contributed by atoms with Crippen molar-refractivity contribution in [1.29, 1.82) is 0 Å². The zero-order chi connectivity index (χ0) is 10.5. The van der Waals surface area contributed by atoms with Gasteiger partial charge in [0.15, 0.2) is 0 Å². The lowest BCUT2D eigenvalue weighted by molar-refractivity contribution is 0.0168. The molecule has 0 saturated carbocycles. The predicted octanol–water partition coefficient (Wildman–Crippen LogP) is 3.37. The van der Waals surface area contributed by atoms with Crippen molar-refractivity contribution < 1.29 is 13.6 Å². The Morgan fingerprint density at radius 3 is 2.43 bits per heavy atom. The second-order valence-corrected chi connectivity index (χ2v) is 3.95. The number of alkyl halides is 2. The summed E-state index contributed by atoms with van der Waals surface area (Å²) in [5.41, 5.74) is 0.235. The van der Waals surface area contributed by atoms with Crippen LogP contribution in [0.1, 0.15) is 15.9 Å². The lowest BCUT2D eigenvalue weighted by atomic mass is 10.1. The van der Waals surface area contributed by atoms with Crippen LogP contribution in [0.2, 0.25) is 10.0 Å². The van der Waals surface area contributed by atoms with Gasteiger partial charge >= 0.3 is 5.92 Å². The number of fused-ring (bicyclic) bond motifs is 1. The van der Waals surface area contributed by atoms with Gasteiger partial charge in [-0.05, 0) is 17.7 Å². The molecule has 0 aliphatic heterocycles. The molecular formula is C9H4Cl2F2O. The van der Waals surface area contributed by atoms with E-state index in [2.05, 4.69) is 0 Å². The smallest absolute Gasteiger partial charge is 0.287 e. The number of rotatable bonds is 0. The summed E-state index contributed by atoms with van der Waals surface area (Å²) in [6.45, 7) is 0. The van der Waals surface area contributed by atoms with Gasteiger partial charge in [0.1, 0.15) is 0 Å². The largest absolute Gasteiger partial charge is 0.313 e. The van der Waals surface area contributed by atoms with Crippen molar-refractivity contribution in [3.05, 3.63) is 33.3 Å². The standard InChI is InChI=1S/C9H4Cl2F2O/c10-6-1-4-3-9(12,13)8(14)5(4)2-7(6)11/h1-2H,3H2. The van der Waals surface area contributed by atoms with Crippen LogP contribution in [0.25, 0.3) is 0 Å². The van der Waals surface area contributed by atoms with Crippen molar-refractivity contribution >= 4 is 29.0 Å². The highest BCUT2D eigenvalue weighted by Gasteiger charge is 2.46. The minimum atomic E-state index is -3.31. The van der Waals surface area contributed by atoms with Gasteiger partial charge in [-0.3, -0.25) is 4.79 Å². The molecule has 74 valence electrons. The van der Waals surface area contributed by atoms with E-state index in [0.717, 1.165) is 0 Å². The normalized spacial score (nSPS) is 18.4. The molecule has 0 N–H and O–H groups in total. The Labute approximate surface area is 88.6 Å². The van der Waals surface area contributed by atoms with Crippen molar-refractivity contribution in [2.75, 3.05) is 0 Å². The van der Waals surface area contributed by atoms with Crippen molar-refractivity contribution in [2.45, 2.75) is 12.3 Å². The number of halogens is 4. The number of hydrogen-bond donors (Lipinski definition) is 0. The van der Waals surface area contributed by atoms with Crippen molar-refractivity contribution in [1.82, 2.24) is 0 Å². The third-order valence-corrected chi connectivity index (χ3v) is 2.86. The molecule has 0 spiro atoms. The first-order chi connectivity index (χ1) is 6.42. The fourth-order valence-electron chi connectivity index (χ4n) is 1.46. The highest BCUT2D eigenvalue weighted by molar-refractivity contribution is 6.42. The number of carbonyl (C=O) groups is 1. The number of hydrogen-bond acceptors (Lipinski definition) is 1. The van der Waals surface area contributed by atoms with Gasteiger partial charge in [-0.2, -0.15) is 8.78 Å². The molecule has 1 aliphatic carbocycles. The number of carbonyl (C=O) groups excluding carboxylic acids is 1. The average Bonchev–Trinajstić information content (AvgIpc) is 2.28. The third-order valence-electron chi connectivity index (χ3n) is 2.14. The Kier molecular flexibility index (Phi) is 2.05. The lowest BCUT2D eigenvalue weighted by Crippen LogP contribution is -2.23. The zero-order valence-corrected chi connectivity index (χ0v) is 8.29. The Morgan fingerprint density at radius 2 is 1.79 bits per heavy atom. The fraction of sp³-hybridized carbons (Fsp3) is 0.222. The van der Waals surface area contributed by atoms with Crippen LogP contribution < -0.4 is 0 Å². The SMILES string of the molecule is O=C1c2cc(Cl)c(Cl)cc2CC1(F)F. The van der Waals surface area contributed by atoms with Gasteiger partial charge in [0.05, 0.1) is 10.0 Å². The molecule has 0 saturated heterocycles. The first-order valence-electron chi connectivity index (χ1n) is 3.82. The molecule has 0 heterocycles. The molecule has 0 fully saturated rings. The van der Waals surface area contributed by atoms with Crippen LogP contribution >= 0.6 is 23.2 Å². The summed E-state index contributed by atoms with van der Waals surface area (Å²) < 4.78 is 25.9. The van der Waals surface area contributed by atoms with Crippen LogP contribution in [0.4, 0.5) is 8.78 Å². The highest BCUT2D eigenvalue weighted by Crippen LogP contribution is 2.38. The van der Waals surface area contributed by atoms with E-state index >= 15 is 0 Å². The molecule has 0 atom stereocenters. The van der Waals surface area contributed by atoms with Crippen LogP contribution in [-0.4, -0.2) is 11.7 Å². The van der Waals surface area contributed by atoms with Crippen molar-refractivity contribution in [2.24, 2.45) is 0 Å². The van der Waals surface area contributed by atoms with E-state index in [9.17, 15) is 13.6 Å². The maximum Gasteiger partial charge on any atom is 0.313 e. The molecule has 2 rings (SSSR count). The van der Waals surface area contributed by atoms with Gasteiger partial charge < -0.3 is 0 Å². The summed E-state index contributed by atoms with van der Waals surface area (Å²) >= 11 is 11.3. The Morgan fingerprint density at radius 1 is 1.21 bits per heavy atom. The topological polar surface area (TPSA) is 17.1 Å². The van der Waals surface area contributed by atoms with Crippen LogP contribution in [0.3, 0.4) is 0 Å². The Hall–Kier alpha value is -0.670. The summed E-state index contributed by atoms with van der Waals surface area (Å²) in [6.07, 6.45) is -0.585. The third kappa shape index (κ3) is 1.31. The van der Waals surface area contributed by atoms with E-state index in [1.165, 1.54) is 12.1 Å². The van der Waals surface area contributed by atoms with E-state index in [1.54, 1.807) is 0 Å². The van der Waals surface area contributed by atoms with Gasteiger partial charge in [-0.25, -0.2) is 0 Å². The second kappa shape index (κ2) is 2.91. The summed E-state index contributed by atoms with van der Waals surface area (Å²) in [5, 5.41) is 0.312. The molecule has 0 radical (unpaired) electrons. The van der Waals surface area contributed by atoms with E-state index in [-0.39, 0.29) is 21.2 Å². The quantitative estimate of drug-likeness (QED) is 0.676. The van der Waals surface area contributed by atoms with Crippen LogP contribution in [0, 0.1) is 0 Å². The zero-order valence-electron chi connectivity index (χ0n) is 6.78. The van der Waals surface area contributed by atoms with Gasteiger partial charge in [-0.1, -0.05) is 23.2 Å². The molecule has 0 bridgehead atoms. The Balaban J connectivity index is 2.61. The van der Waals surface area contributed by atoms with Gasteiger partial charge in [0.25, 0.3) is 0 Å². The van der Waals surface area contributed by atoms with E-state index < -0.39 is 18.1 Å². The molecule has 14 heavy (non-hydrogen) atoms. The first-order valence-corrected chi connectivity index (χ1v) is 4.58. The summed E-state index contributed by atoms with van der Waals surface area (Å²) in [7, 11) is 0. The average molecular weight is 237 g/mol. The minimum absolute atomic E-state index is 0.0237. The molecule has 5 heteroatoms.